The fourth-order valence-corrected chi connectivity index (χ4v) is 6.80. The fraction of sp³-hybridized carbons (Fsp3) is 0.636. The van der Waals surface area contributed by atoms with E-state index < -0.39 is 0 Å². The van der Waals surface area contributed by atoms with Gasteiger partial charge in [-0.05, 0) is 81.5 Å². The van der Waals surface area contributed by atoms with Gasteiger partial charge in [-0.25, -0.2) is 0 Å². The van der Waals surface area contributed by atoms with Gasteiger partial charge in [-0.15, -0.1) is 0 Å². The average Bonchev–Trinajstić information content (AvgIpc) is 3.18. The second-order valence-corrected chi connectivity index (χ2v) is 10.2. The van der Waals surface area contributed by atoms with Crippen LogP contribution >= 0.6 is 11.5 Å². The summed E-state index contributed by atoms with van der Waals surface area (Å²) in [6, 6.07) is 8.11. The standard InChI is InChI=1S/C22H29N5OS/c1-25-11-17-3-2-16(25)12-27(17)15-4-5-18-20(10-15)29-24-21(18)22(28)23-19-13-26-8-6-14(19)7-9-26/h4-5,10,14,16-17,19H,2-3,6-9,11-13H2,1H3,(H,23,28)/t16-,17-,19-/m1/s1. The molecule has 6 saturated heterocycles. The van der Waals surface area contributed by atoms with Crippen molar-refractivity contribution in [2.75, 3.05) is 44.7 Å². The number of hydrogen-bond donors (Lipinski definition) is 1. The van der Waals surface area contributed by atoms with Crippen LogP contribution in [0.25, 0.3) is 10.1 Å². The SMILES string of the molecule is CN1C[C@H]2CC[C@@H]1CN2c1ccc2c(C(=O)N[C@@H]3CN4CCC3CC4)nsc2c1. The van der Waals surface area contributed by atoms with Crippen LogP contribution in [0.3, 0.4) is 0 Å². The number of piperidine rings is 5. The first-order valence-electron chi connectivity index (χ1n) is 11.1. The van der Waals surface area contributed by atoms with Crippen molar-refractivity contribution in [2.45, 2.75) is 43.8 Å². The normalized spacial score (nSPS) is 34.1. The third-order valence-corrected chi connectivity index (χ3v) is 8.59. The van der Waals surface area contributed by atoms with E-state index in [1.807, 2.05) is 0 Å². The largest absolute Gasteiger partial charge is 0.366 e. The predicted octanol–water partition coefficient (Wildman–Crippen LogP) is 2.40. The Morgan fingerprint density at radius 2 is 1.93 bits per heavy atom. The zero-order chi connectivity index (χ0) is 19.5. The number of rotatable bonds is 3. The number of piperazine rings is 1. The van der Waals surface area contributed by atoms with E-state index in [9.17, 15) is 4.79 Å². The van der Waals surface area contributed by atoms with Crippen LogP contribution in [0.1, 0.15) is 36.2 Å². The molecule has 4 bridgehead atoms. The van der Waals surface area contributed by atoms with Crippen molar-refractivity contribution in [3.05, 3.63) is 23.9 Å². The number of nitrogens with zero attached hydrogens (tertiary/aromatic N) is 4. The highest BCUT2D eigenvalue weighted by Crippen LogP contribution is 2.35. The quantitative estimate of drug-likeness (QED) is 0.841. The maximum Gasteiger partial charge on any atom is 0.271 e. The summed E-state index contributed by atoms with van der Waals surface area (Å²) in [5.41, 5.74) is 1.89. The van der Waals surface area contributed by atoms with E-state index in [2.05, 4.69) is 49.6 Å². The van der Waals surface area contributed by atoms with E-state index in [0.717, 1.165) is 29.7 Å². The van der Waals surface area contributed by atoms with E-state index in [4.69, 9.17) is 0 Å². The molecule has 6 aliphatic rings. The molecular weight excluding hydrogens is 382 g/mol. The van der Waals surface area contributed by atoms with Gasteiger partial charge in [-0.2, -0.15) is 4.37 Å². The van der Waals surface area contributed by atoms with Gasteiger partial charge in [0.05, 0.1) is 4.70 Å². The van der Waals surface area contributed by atoms with Gasteiger partial charge in [0.2, 0.25) is 0 Å². The first-order chi connectivity index (χ1) is 14.2. The van der Waals surface area contributed by atoms with E-state index in [0.29, 0.717) is 23.7 Å². The van der Waals surface area contributed by atoms with Crippen LogP contribution in [-0.4, -0.2) is 78.0 Å². The van der Waals surface area contributed by atoms with Crippen molar-refractivity contribution < 1.29 is 4.79 Å². The van der Waals surface area contributed by atoms with Crippen LogP contribution < -0.4 is 10.2 Å². The Hall–Kier alpha value is -1.70. The molecule has 1 aromatic heterocycles. The molecule has 7 heteroatoms. The van der Waals surface area contributed by atoms with Gasteiger partial charge in [-0.3, -0.25) is 9.69 Å². The minimum Gasteiger partial charge on any atom is -0.366 e. The maximum absolute atomic E-state index is 13.0. The fourth-order valence-electron chi connectivity index (χ4n) is 5.99. The second kappa shape index (κ2) is 6.93. The number of aromatic nitrogens is 1. The highest BCUT2D eigenvalue weighted by Gasteiger charge is 2.38. The molecule has 3 atom stereocenters. The van der Waals surface area contributed by atoms with Crippen LogP contribution in [0, 0.1) is 5.92 Å². The first-order valence-corrected chi connectivity index (χ1v) is 11.8. The van der Waals surface area contributed by atoms with Crippen molar-refractivity contribution in [3.8, 4) is 0 Å². The molecule has 0 aliphatic carbocycles. The molecule has 0 radical (unpaired) electrons. The van der Waals surface area contributed by atoms with E-state index >= 15 is 0 Å². The van der Waals surface area contributed by atoms with Crippen molar-refractivity contribution in [3.63, 3.8) is 0 Å². The Kier molecular flexibility index (Phi) is 4.32. The number of likely N-dealkylation sites (N-methyl/N-ethyl adjacent to an activating group) is 1. The van der Waals surface area contributed by atoms with Gasteiger partial charge in [0.15, 0.2) is 0 Å². The Labute approximate surface area is 176 Å². The summed E-state index contributed by atoms with van der Waals surface area (Å²) < 4.78 is 5.68. The predicted molar refractivity (Wildman–Crippen MR) is 117 cm³/mol. The molecule has 1 aromatic carbocycles. The van der Waals surface area contributed by atoms with E-state index in [1.165, 1.54) is 56.0 Å². The zero-order valence-electron chi connectivity index (χ0n) is 17.0. The van der Waals surface area contributed by atoms with Crippen LogP contribution in [0.5, 0.6) is 0 Å². The van der Waals surface area contributed by atoms with Crippen LogP contribution in [0.15, 0.2) is 18.2 Å². The summed E-state index contributed by atoms with van der Waals surface area (Å²) in [4.78, 5) is 20.5. The molecule has 8 rings (SSSR count). The minimum absolute atomic E-state index is 0.00130. The van der Waals surface area contributed by atoms with Crippen LogP contribution in [0.4, 0.5) is 5.69 Å². The third-order valence-electron chi connectivity index (χ3n) is 7.78. The van der Waals surface area contributed by atoms with Gasteiger partial charge < -0.3 is 15.1 Å². The number of carbonyl (C=O) groups excluding carboxylic acids is 1. The first kappa shape index (κ1) is 18.1. The van der Waals surface area contributed by atoms with Gasteiger partial charge in [0, 0.05) is 48.8 Å². The van der Waals surface area contributed by atoms with Crippen molar-refractivity contribution in [2.24, 2.45) is 5.92 Å². The Balaban J connectivity index is 1.22. The topological polar surface area (TPSA) is 51.7 Å². The zero-order valence-corrected chi connectivity index (χ0v) is 17.8. The summed E-state index contributed by atoms with van der Waals surface area (Å²) in [5.74, 6) is 0.634. The monoisotopic (exact) mass is 411 g/mol. The number of anilines is 1. The summed E-state index contributed by atoms with van der Waals surface area (Å²) >= 11 is 1.46. The molecule has 6 aliphatic heterocycles. The number of hydrogen-bond acceptors (Lipinski definition) is 6. The molecule has 0 unspecified atom stereocenters. The molecule has 7 heterocycles. The van der Waals surface area contributed by atoms with E-state index in [1.54, 1.807) is 0 Å². The summed E-state index contributed by atoms with van der Waals surface area (Å²) in [5, 5.41) is 4.29. The minimum atomic E-state index is 0.00130. The van der Waals surface area contributed by atoms with Crippen LogP contribution in [-0.2, 0) is 0 Å². The summed E-state index contributed by atoms with van der Waals surface area (Å²) in [7, 11) is 2.25. The molecule has 1 N–H and O–H groups in total. The molecular formula is C22H29N5OS. The number of carbonyl (C=O) groups is 1. The highest BCUT2D eigenvalue weighted by molar-refractivity contribution is 7.13. The molecule has 29 heavy (non-hydrogen) atoms. The molecule has 6 fully saturated rings. The molecule has 2 aromatic rings. The van der Waals surface area contributed by atoms with Crippen molar-refractivity contribution in [1.82, 2.24) is 19.5 Å². The van der Waals surface area contributed by atoms with Gasteiger partial charge in [-0.1, -0.05) is 0 Å². The lowest BCUT2D eigenvalue weighted by Gasteiger charge is -2.51. The third kappa shape index (κ3) is 3.05. The molecule has 154 valence electrons. The molecule has 1 amide bonds. The molecule has 0 saturated carbocycles. The van der Waals surface area contributed by atoms with E-state index in [-0.39, 0.29) is 11.9 Å². The number of amides is 1. The number of fused-ring (bicyclic) bond motifs is 7. The number of nitrogens with one attached hydrogen (secondary N) is 1. The summed E-state index contributed by atoms with van der Waals surface area (Å²) in [6.45, 7) is 5.63. The lowest BCUT2D eigenvalue weighted by Crippen LogP contribution is -2.61. The Bertz CT molecular complexity index is 936. The van der Waals surface area contributed by atoms with Gasteiger partial charge >= 0.3 is 0 Å². The van der Waals surface area contributed by atoms with Crippen LogP contribution in [0.2, 0.25) is 0 Å². The Morgan fingerprint density at radius 3 is 2.62 bits per heavy atom. The molecule has 6 nitrogen and oxygen atoms in total. The van der Waals surface area contributed by atoms with Gasteiger partial charge in [0.1, 0.15) is 5.69 Å². The number of benzene rings is 1. The lowest BCUT2D eigenvalue weighted by molar-refractivity contribution is 0.0619. The maximum atomic E-state index is 13.0. The van der Waals surface area contributed by atoms with Gasteiger partial charge in [0.25, 0.3) is 5.91 Å². The van der Waals surface area contributed by atoms with Crippen molar-refractivity contribution >= 4 is 33.2 Å². The smallest absolute Gasteiger partial charge is 0.271 e. The molecule has 0 spiro atoms. The second-order valence-electron chi connectivity index (χ2n) is 9.41. The highest BCUT2D eigenvalue weighted by atomic mass is 32.1. The summed E-state index contributed by atoms with van der Waals surface area (Å²) in [6.07, 6.45) is 5.01. The van der Waals surface area contributed by atoms with Crippen molar-refractivity contribution in [1.29, 1.82) is 0 Å². The average molecular weight is 412 g/mol. The Morgan fingerprint density at radius 1 is 1.10 bits per heavy atom. The lowest BCUT2D eigenvalue weighted by atomic mass is 9.84.